The SMILES string of the molecule is Cc1ccc([N+](=O)[O-])cc1C(N)c1ccc(F)cc1Br. The summed E-state index contributed by atoms with van der Waals surface area (Å²) in [6, 6.07) is 8.19. The van der Waals surface area contributed by atoms with E-state index in [4.69, 9.17) is 5.73 Å². The molecule has 20 heavy (non-hydrogen) atoms. The fourth-order valence-electron chi connectivity index (χ4n) is 2.00. The van der Waals surface area contributed by atoms with Crippen LogP contribution in [0.1, 0.15) is 22.7 Å². The van der Waals surface area contributed by atoms with Gasteiger partial charge < -0.3 is 5.73 Å². The Labute approximate surface area is 123 Å². The average Bonchev–Trinajstić information content (AvgIpc) is 2.38. The van der Waals surface area contributed by atoms with Crippen molar-refractivity contribution in [2.24, 2.45) is 5.73 Å². The van der Waals surface area contributed by atoms with E-state index in [0.29, 0.717) is 15.6 Å². The summed E-state index contributed by atoms with van der Waals surface area (Å²) >= 11 is 3.26. The number of nitrogens with zero attached hydrogens (tertiary/aromatic N) is 1. The minimum absolute atomic E-state index is 0.0146. The van der Waals surface area contributed by atoms with Crippen molar-refractivity contribution in [2.75, 3.05) is 0 Å². The van der Waals surface area contributed by atoms with Crippen LogP contribution in [0, 0.1) is 22.9 Å². The number of aryl methyl sites for hydroxylation is 1. The Bertz CT molecular complexity index is 676. The third-order valence-corrected chi connectivity index (χ3v) is 3.79. The van der Waals surface area contributed by atoms with Crippen LogP contribution in [0.25, 0.3) is 0 Å². The summed E-state index contributed by atoms with van der Waals surface area (Å²) in [5, 5.41) is 10.8. The first-order chi connectivity index (χ1) is 9.40. The molecule has 2 rings (SSSR count). The third-order valence-electron chi connectivity index (χ3n) is 3.11. The lowest BCUT2D eigenvalue weighted by molar-refractivity contribution is -0.384. The van der Waals surface area contributed by atoms with E-state index in [2.05, 4.69) is 15.9 Å². The van der Waals surface area contributed by atoms with Crippen molar-refractivity contribution in [1.29, 1.82) is 0 Å². The third kappa shape index (κ3) is 2.86. The van der Waals surface area contributed by atoms with Crippen LogP contribution in [-0.4, -0.2) is 4.92 Å². The van der Waals surface area contributed by atoms with E-state index in [-0.39, 0.29) is 11.5 Å². The Balaban J connectivity index is 2.49. The van der Waals surface area contributed by atoms with Gasteiger partial charge in [0.05, 0.1) is 11.0 Å². The monoisotopic (exact) mass is 338 g/mol. The number of benzene rings is 2. The molecule has 2 N–H and O–H groups in total. The highest BCUT2D eigenvalue weighted by molar-refractivity contribution is 9.10. The maximum absolute atomic E-state index is 13.1. The van der Waals surface area contributed by atoms with E-state index in [1.807, 2.05) is 6.92 Å². The minimum Gasteiger partial charge on any atom is -0.320 e. The van der Waals surface area contributed by atoms with Gasteiger partial charge in [-0.1, -0.05) is 28.1 Å². The molecule has 0 aliphatic heterocycles. The van der Waals surface area contributed by atoms with Gasteiger partial charge in [-0.25, -0.2) is 4.39 Å². The van der Waals surface area contributed by atoms with Crippen molar-refractivity contribution in [3.8, 4) is 0 Å². The summed E-state index contributed by atoms with van der Waals surface area (Å²) in [7, 11) is 0. The molecule has 0 aliphatic rings. The quantitative estimate of drug-likeness (QED) is 0.682. The fraction of sp³-hybridized carbons (Fsp3) is 0.143. The van der Waals surface area contributed by atoms with Crippen molar-refractivity contribution in [3.63, 3.8) is 0 Å². The molecule has 0 aliphatic carbocycles. The lowest BCUT2D eigenvalue weighted by Gasteiger charge is -2.16. The molecule has 2 aromatic rings. The smallest absolute Gasteiger partial charge is 0.269 e. The lowest BCUT2D eigenvalue weighted by atomic mass is 9.95. The molecule has 1 unspecified atom stereocenters. The minimum atomic E-state index is -0.565. The van der Waals surface area contributed by atoms with Gasteiger partial charge in [-0.3, -0.25) is 10.1 Å². The van der Waals surface area contributed by atoms with Gasteiger partial charge >= 0.3 is 0 Å². The highest BCUT2D eigenvalue weighted by atomic mass is 79.9. The number of hydrogen-bond donors (Lipinski definition) is 1. The van der Waals surface area contributed by atoms with Crippen molar-refractivity contribution >= 4 is 21.6 Å². The zero-order chi connectivity index (χ0) is 14.9. The molecule has 0 amide bonds. The predicted molar refractivity (Wildman–Crippen MR) is 78.0 cm³/mol. The standard InChI is InChI=1S/C14H12BrFN2O2/c1-8-2-4-10(18(19)20)7-12(8)14(17)11-5-3-9(16)6-13(11)15/h2-7,14H,17H2,1H3. The molecule has 104 valence electrons. The van der Waals surface area contributed by atoms with Gasteiger partial charge in [0.1, 0.15) is 5.82 Å². The summed E-state index contributed by atoms with van der Waals surface area (Å²) < 4.78 is 13.6. The van der Waals surface area contributed by atoms with Crippen molar-refractivity contribution in [2.45, 2.75) is 13.0 Å². The number of hydrogen-bond acceptors (Lipinski definition) is 3. The summed E-state index contributed by atoms with van der Waals surface area (Å²) in [5.41, 5.74) is 8.31. The van der Waals surface area contributed by atoms with E-state index in [9.17, 15) is 14.5 Å². The van der Waals surface area contributed by atoms with Crippen molar-refractivity contribution in [1.82, 2.24) is 0 Å². The van der Waals surface area contributed by atoms with Gasteiger partial charge in [-0.05, 0) is 35.7 Å². The van der Waals surface area contributed by atoms with Gasteiger partial charge in [0, 0.05) is 16.6 Å². The van der Waals surface area contributed by atoms with E-state index in [1.165, 1.54) is 24.3 Å². The molecule has 0 spiro atoms. The molecule has 2 aromatic carbocycles. The zero-order valence-electron chi connectivity index (χ0n) is 10.6. The lowest BCUT2D eigenvalue weighted by Crippen LogP contribution is -2.14. The van der Waals surface area contributed by atoms with Gasteiger partial charge in [0.2, 0.25) is 0 Å². The van der Waals surface area contributed by atoms with Gasteiger partial charge in [0.25, 0.3) is 5.69 Å². The number of nitrogens with two attached hydrogens (primary N) is 1. The molecule has 0 heterocycles. The Hall–Kier alpha value is -1.79. The number of nitro benzene ring substituents is 1. The van der Waals surface area contributed by atoms with Crippen LogP contribution >= 0.6 is 15.9 Å². The first-order valence-electron chi connectivity index (χ1n) is 5.85. The Morgan fingerprint density at radius 3 is 2.55 bits per heavy atom. The fourth-order valence-corrected chi connectivity index (χ4v) is 2.60. The van der Waals surface area contributed by atoms with Gasteiger partial charge in [-0.2, -0.15) is 0 Å². The van der Waals surface area contributed by atoms with Crippen LogP contribution in [0.15, 0.2) is 40.9 Å². The van der Waals surface area contributed by atoms with Crippen LogP contribution in [0.4, 0.5) is 10.1 Å². The maximum atomic E-state index is 13.1. The molecule has 0 saturated heterocycles. The molecular formula is C14H12BrFN2O2. The van der Waals surface area contributed by atoms with Gasteiger partial charge in [0.15, 0.2) is 0 Å². The number of rotatable bonds is 3. The predicted octanol–water partition coefficient (Wildman–Crippen LogP) is 3.85. The van der Waals surface area contributed by atoms with Gasteiger partial charge in [-0.15, -0.1) is 0 Å². The van der Waals surface area contributed by atoms with E-state index in [0.717, 1.165) is 5.56 Å². The highest BCUT2D eigenvalue weighted by Gasteiger charge is 2.18. The van der Waals surface area contributed by atoms with Crippen molar-refractivity contribution in [3.05, 3.63) is 73.5 Å². The summed E-state index contributed by atoms with van der Waals surface area (Å²) in [5.74, 6) is -0.372. The second kappa shape index (κ2) is 5.68. The second-order valence-electron chi connectivity index (χ2n) is 4.44. The summed E-state index contributed by atoms with van der Waals surface area (Å²) in [4.78, 5) is 10.4. The molecule has 0 radical (unpaired) electrons. The number of nitro groups is 1. The number of non-ortho nitro benzene ring substituents is 1. The summed E-state index contributed by atoms with van der Waals surface area (Å²) in [6.45, 7) is 1.83. The molecule has 0 fully saturated rings. The number of halogens is 2. The van der Waals surface area contributed by atoms with Crippen LogP contribution in [0.3, 0.4) is 0 Å². The molecule has 0 bridgehead atoms. The molecule has 0 aromatic heterocycles. The first kappa shape index (κ1) is 14.6. The van der Waals surface area contributed by atoms with Crippen LogP contribution in [0.5, 0.6) is 0 Å². The molecule has 1 atom stereocenters. The zero-order valence-corrected chi connectivity index (χ0v) is 12.2. The Morgan fingerprint density at radius 2 is 1.95 bits per heavy atom. The molecule has 6 heteroatoms. The maximum Gasteiger partial charge on any atom is 0.269 e. The average molecular weight is 339 g/mol. The van der Waals surface area contributed by atoms with E-state index < -0.39 is 11.0 Å². The first-order valence-corrected chi connectivity index (χ1v) is 6.65. The van der Waals surface area contributed by atoms with E-state index in [1.54, 1.807) is 12.1 Å². The van der Waals surface area contributed by atoms with E-state index >= 15 is 0 Å². The second-order valence-corrected chi connectivity index (χ2v) is 5.30. The largest absolute Gasteiger partial charge is 0.320 e. The van der Waals surface area contributed by atoms with Crippen LogP contribution in [-0.2, 0) is 0 Å². The van der Waals surface area contributed by atoms with Crippen LogP contribution < -0.4 is 5.73 Å². The van der Waals surface area contributed by atoms with Crippen LogP contribution in [0.2, 0.25) is 0 Å². The van der Waals surface area contributed by atoms with Crippen molar-refractivity contribution < 1.29 is 9.31 Å². The Kier molecular flexibility index (Phi) is 4.15. The molecular weight excluding hydrogens is 327 g/mol. The Morgan fingerprint density at radius 1 is 1.25 bits per heavy atom. The topological polar surface area (TPSA) is 69.2 Å². The normalized spacial score (nSPS) is 12.2. The highest BCUT2D eigenvalue weighted by Crippen LogP contribution is 2.31. The molecule has 4 nitrogen and oxygen atoms in total. The molecule has 0 saturated carbocycles. The summed E-state index contributed by atoms with van der Waals surface area (Å²) in [6.07, 6.45) is 0.